The van der Waals surface area contributed by atoms with Crippen molar-refractivity contribution in [1.29, 1.82) is 0 Å². The summed E-state index contributed by atoms with van der Waals surface area (Å²) >= 11 is 0. The van der Waals surface area contributed by atoms with E-state index in [0.29, 0.717) is 6.54 Å². The zero-order chi connectivity index (χ0) is 14.7. The topological polar surface area (TPSA) is 15.3 Å². The highest BCUT2D eigenvalue weighted by Crippen LogP contribution is 2.25. The van der Waals surface area contributed by atoms with Gasteiger partial charge < -0.3 is 10.2 Å². The molecule has 110 valence electrons. The van der Waals surface area contributed by atoms with Gasteiger partial charge in [0.15, 0.2) is 0 Å². The van der Waals surface area contributed by atoms with Gasteiger partial charge in [-0.2, -0.15) is 0 Å². The molecule has 0 aliphatic carbocycles. The standard InChI is InChI=1S/C18H21FN2/c1-20-13-16-12-17(19)6-7-18(16)21-10-8-14-4-2-3-5-15(14)9-11-21/h2-7,12,20H,8-11,13H2,1H3. The smallest absolute Gasteiger partial charge is 0.123 e. The summed E-state index contributed by atoms with van der Waals surface area (Å²) in [4.78, 5) is 2.38. The first-order chi connectivity index (χ1) is 10.3. The van der Waals surface area contributed by atoms with Gasteiger partial charge >= 0.3 is 0 Å². The van der Waals surface area contributed by atoms with Gasteiger partial charge in [-0.25, -0.2) is 4.39 Å². The van der Waals surface area contributed by atoms with Gasteiger partial charge in [0, 0.05) is 25.3 Å². The number of halogens is 1. The molecular formula is C18H21FN2. The van der Waals surface area contributed by atoms with Crippen LogP contribution in [0.3, 0.4) is 0 Å². The lowest BCUT2D eigenvalue weighted by Crippen LogP contribution is -2.27. The lowest BCUT2D eigenvalue weighted by atomic mass is 10.0. The molecular weight excluding hydrogens is 263 g/mol. The van der Waals surface area contributed by atoms with Gasteiger partial charge in [-0.3, -0.25) is 0 Å². The van der Waals surface area contributed by atoms with Gasteiger partial charge in [0.2, 0.25) is 0 Å². The summed E-state index contributed by atoms with van der Waals surface area (Å²) in [6.45, 7) is 2.66. The molecule has 0 spiro atoms. The average Bonchev–Trinajstić information content (AvgIpc) is 2.71. The minimum atomic E-state index is -0.165. The Bertz CT molecular complexity index is 597. The molecule has 1 heterocycles. The molecule has 0 radical (unpaired) electrons. The Balaban J connectivity index is 1.86. The van der Waals surface area contributed by atoms with Crippen LogP contribution >= 0.6 is 0 Å². The number of nitrogens with one attached hydrogen (secondary N) is 1. The number of fused-ring (bicyclic) bond motifs is 1. The Morgan fingerprint density at radius 2 is 1.71 bits per heavy atom. The van der Waals surface area contributed by atoms with Crippen molar-refractivity contribution in [2.45, 2.75) is 19.4 Å². The highest BCUT2D eigenvalue weighted by Gasteiger charge is 2.16. The number of hydrogen-bond donors (Lipinski definition) is 1. The Hall–Kier alpha value is -1.87. The maximum atomic E-state index is 13.5. The normalized spacial score (nSPS) is 14.7. The van der Waals surface area contributed by atoms with Crippen LogP contribution in [0.1, 0.15) is 16.7 Å². The number of nitrogens with zero attached hydrogens (tertiary/aromatic N) is 1. The summed E-state index contributed by atoms with van der Waals surface area (Å²) in [5, 5.41) is 3.13. The van der Waals surface area contributed by atoms with Crippen LogP contribution in [0.15, 0.2) is 42.5 Å². The average molecular weight is 284 g/mol. The van der Waals surface area contributed by atoms with Gasteiger partial charge in [-0.15, -0.1) is 0 Å². The van der Waals surface area contributed by atoms with Gasteiger partial charge in [-0.1, -0.05) is 24.3 Å². The van der Waals surface area contributed by atoms with Crippen molar-refractivity contribution in [2.24, 2.45) is 0 Å². The molecule has 1 N–H and O–H groups in total. The zero-order valence-corrected chi connectivity index (χ0v) is 12.4. The van der Waals surface area contributed by atoms with Crippen LogP contribution in [0.5, 0.6) is 0 Å². The van der Waals surface area contributed by atoms with Crippen molar-refractivity contribution < 1.29 is 4.39 Å². The van der Waals surface area contributed by atoms with Crippen LogP contribution in [0.4, 0.5) is 10.1 Å². The van der Waals surface area contributed by atoms with E-state index in [1.165, 1.54) is 11.1 Å². The summed E-state index contributed by atoms with van der Waals surface area (Å²) in [5.74, 6) is -0.165. The number of benzene rings is 2. The van der Waals surface area contributed by atoms with Crippen LogP contribution in [0.2, 0.25) is 0 Å². The fourth-order valence-corrected chi connectivity index (χ4v) is 3.10. The fraction of sp³-hybridized carbons (Fsp3) is 0.333. The number of hydrogen-bond acceptors (Lipinski definition) is 2. The second kappa shape index (κ2) is 6.27. The quantitative estimate of drug-likeness (QED) is 0.931. The van der Waals surface area contributed by atoms with Crippen molar-refractivity contribution in [3.05, 3.63) is 65.0 Å². The minimum absolute atomic E-state index is 0.165. The molecule has 0 saturated heterocycles. The molecule has 0 atom stereocenters. The van der Waals surface area contributed by atoms with E-state index >= 15 is 0 Å². The lowest BCUT2D eigenvalue weighted by Gasteiger charge is -2.25. The van der Waals surface area contributed by atoms with E-state index in [1.807, 2.05) is 13.1 Å². The van der Waals surface area contributed by atoms with Crippen LogP contribution < -0.4 is 10.2 Å². The van der Waals surface area contributed by atoms with E-state index < -0.39 is 0 Å². The van der Waals surface area contributed by atoms with Crippen LogP contribution in [0.25, 0.3) is 0 Å². The molecule has 21 heavy (non-hydrogen) atoms. The molecule has 3 heteroatoms. The highest BCUT2D eigenvalue weighted by molar-refractivity contribution is 5.54. The molecule has 1 aliphatic rings. The van der Waals surface area contributed by atoms with Crippen LogP contribution in [-0.2, 0) is 19.4 Å². The third-order valence-corrected chi connectivity index (χ3v) is 4.17. The van der Waals surface area contributed by atoms with Gasteiger partial charge in [-0.05, 0) is 54.8 Å². The summed E-state index contributed by atoms with van der Waals surface area (Å²) in [7, 11) is 1.90. The fourth-order valence-electron chi connectivity index (χ4n) is 3.10. The van der Waals surface area contributed by atoms with Gasteiger partial charge in [0.05, 0.1) is 0 Å². The Kier molecular flexibility index (Phi) is 4.20. The van der Waals surface area contributed by atoms with Crippen molar-refractivity contribution in [1.82, 2.24) is 5.32 Å². The molecule has 2 nitrogen and oxygen atoms in total. The molecule has 0 saturated carbocycles. The summed E-state index contributed by atoms with van der Waals surface area (Å²) in [5.41, 5.74) is 5.07. The molecule has 3 rings (SSSR count). The molecule has 0 unspecified atom stereocenters. The SMILES string of the molecule is CNCc1cc(F)ccc1N1CCc2ccccc2CC1. The molecule has 0 aromatic heterocycles. The molecule has 2 aromatic carbocycles. The zero-order valence-electron chi connectivity index (χ0n) is 12.4. The Morgan fingerprint density at radius 1 is 1.05 bits per heavy atom. The monoisotopic (exact) mass is 284 g/mol. The van der Waals surface area contributed by atoms with Crippen LogP contribution in [0, 0.1) is 5.82 Å². The first kappa shape index (κ1) is 14.1. The second-order valence-electron chi connectivity index (χ2n) is 5.56. The van der Waals surface area contributed by atoms with E-state index in [1.54, 1.807) is 12.1 Å². The Labute approximate surface area is 125 Å². The van der Waals surface area contributed by atoms with Crippen molar-refractivity contribution >= 4 is 5.69 Å². The largest absolute Gasteiger partial charge is 0.371 e. The maximum Gasteiger partial charge on any atom is 0.123 e. The van der Waals surface area contributed by atoms with E-state index in [-0.39, 0.29) is 5.82 Å². The van der Waals surface area contributed by atoms with E-state index in [4.69, 9.17) is 0 Å². The second-order valence-corrected chi connectivity index (χ2v) is 5.56. The summed E-state index contributed by atoms with van der Waals surface area (Å²) in [6, 6.07) is 13.8. The van der Waals surface area contributed by atoms with Crippen molar-refractivity contribution in [3.8, 4) is 0 Å². The van der Waals surface area contributed by atoms with Crippen molar-refractivity contribution in [3.63, 3.8) is 0 Å². The first-order valence-electron chi connectivity index (χ1n) is 7.52. The first-order valence-corrected chi connectivity index (χ1v) is 7.52. The molecule has 0 bridgehead atoms. The maximum absolute atomic E-state index is 13.5. The van der Waals surface area contributed by atoms with E-state index in [9.17, 15) is 4.39 Å². The molecule has 0 fully saturated rings. The Morgan fingerprint density at radius 3 is 2.33 bits per heavy atom. The minimum Gasteiger partial charge on any atom is -0.371 e. The predicted molar refractivity (Wildman–Crippen MR) is 85.2 cm³/mol. The van der Waals surface area contributed by atoms with Gasteiger partial charge in [0.1, 0.15) is 5.82 Å². The molecule has 2 aromatic rings. The van der Waals surface area contributed by atoms with Gasteiger partial charge in [0.25, 0.3) is 0 Å². The lowest BCUT2D eigenvalue weighted by molar-refractivity contribution is 0.623. The summed E-state index contributed by atoms with van der Waals surface area (Å²) < 4.78 is 13.5. The van der Waals surface area contributed by atoms with Crippen LogP contribution in [-0.4, -0.2) is 20.1 Å². The molecule has 0 amide bonds. The number of anilines is 1. The van der Waals surface area contributed by atoms with Crippen molar-refractivity contribution in [2.75, 3.05) is 25.0 Å². The molecule has 1 aliphatic heterocycles. The van der Waals surface area contributed by atoms with E-state index in [0.717, 1.165) is 37.2 Å². The third-order valence-electron chi connectivity index (χ3n) is 4.17. The van der Waals surface area contributed by atoms with E-state index in [2.05, 4.69) is 34.5 Å². The summed E-state index contributed by atoms with van der Waals surface area (Å²) in [6.07, 6.45) is 2.10. The predicted octanol–water partition coefficient (Wildman–Crippen LogP) is 3.15. The third kappa shape index (κ3) is 3.08. The highest BCUT2D eigenvalue weighted by atomic mass is 19.1. The number of rotatable bonds is 3.